The normalized spacial score (nSPS) is 11.5. The summed E-state index contributed by atoms with van der Waals surface area (Å²) in [7, 11) is 0. The number of carbonyl (C=O) groups excluding carboxylic acids is 1. The summed E-state index contributed by atoms with van der Waals surface area (Å²) < 4.78 is 5.40. The number of anilines is 1. The molecular weight excluding hydrogens is 344 g/mol. The molecule has 2 heterocycles. The molecule has 2 aromatic heterocycles. The van der Waals surface area contributed by atoms with Crippen LogP contribution in [0.25, 0.3) is 0 Å². The van der Waals surface area contributed by atoms with Gasteiger partial charge in [-0.15, -0.1) is 0 Å². The molecule has 2 rings (SSSR count). The molecule has 2 aromatic rings. The van der Waals surface area contributed by atoms with Gasteiger partial charge in [-0.05, 0) is 31.9 Å². The Morgan fingerprint density at radius 2 is 2.07 bits per heavy atom. The maximum absolute atomic E-state index is 12.0. The first-order valence-electron chi connectivity index (χ1n) is 9.33. The van der Waals surface area contributed by atoms with E-state index < -0.39 is 0 Å². The summed E-state index contributed by atoms with van der Waals surface area (Å²) in [5.41, 5.74) is 1.63. The molecule has 0 atom stereocenters. The van der Waals surface area contributed by atoms with Gasteiger partial charge in [0.05, 0.1) is 24.1 Å². The fourth-order valence-electron chi connectivity index (χ4n) is 2.61. The first-order chi connectivity index (χ1) is 13.2. The Morgan fingerprint density at radius 3 is 2.74 bits per heavy atom. The lowest BCUT2D eigenvalue weighted by atomic mass is 9.99. The number of amides is 1. The van der Waals surface area contributed by atoms with Gasteiger partial charge in [0.2, 0.25) is 5.91 Å². The van der Waals surface area contributed by atoms with Gasteiger partial charge >= 0.3 is 0 Å². The Morgan fingerprint density at radius 1 is 1.26 bits per heavy atom. The summed E-state index contributed by atoms with van der Waals surface area (Å²) in [6.07, 6.45) is 5.31. The molecule has 0 radical (unpaired) electrons. The Kier molecular flexibility index (Phi) is 8.28. The molecule has 146 valence electrons. The lowest BCUT2D eigenvalue weighted by Gasteiger charge is -2.10. The summed E-state index contributed by atoms with van der Waals surface area (Å²) in [5, 5.41) is 13.2. The highest BCUT2D eigenvalue weighted by Crippen LogP contribution is 2.22. The molecule has 0 aliphatic heterocycles. The Bertz CT molecular complexity index is 725. The maximum Gasteiger partial charge on any atom is 0.246 e. The highest BCUT2D eigenvalue weighted by atomic mass is 16.5. The highest BCUT2D eigenvalue weighted by molar-refractivity contribution is 5.93. The van der Waals surface area contributed by atoms with E-state index in [0.29, 0.717) is 30.7 Å². The van der Waals surface area contributed by atoms with Crippen molar-refractivity contribution in [2.24, 2.45) is 4.99 Å². The number of hydrogen-bond acceptors (Lipinski definition) is 5. The van der Waals surface area contributed by atoms with E-state index in [-0.39, 0.29) is 12.5 Å². The minimum Gasteiger partial charge on any atom is -0.359 e. The van der Waals surface area contributed by atoms with E-state index in [1.807, 2.05) is 13.0 Å². The number of carbonyl (C=O) groups is 1. The summed E-state index contributed by atoms with van der Waals surface area (Å²) in [6.45, 7) is 7.39. The van der Waals surface area contributed by atoms with Gasteiger partial charge in [0.25, 0.3) is 0 Å². The van der Waals surface area contributed by atoms with Crippen molar-refractivity contribution in [2.45, 2.75) is 46.1 Å². The van der Waals surface area contributed by atoms with Crippen molar-refractivity contribution < 1.29 is 9.32 Å². The van der Waals surface area contributed by atoms with E-state index >= 15 is 0 Å². The molecule has 0 unspecified atom stereocenters. The number of rotatable bonds is 9. The fraction of sp³-hybridized carbons (Fsp3) is 0.474. The van der Waals surface area contributed by atoms with Gasteiger partial charge in [0.1, 0.15) is 6.54 Å². The Balaban J connectivity index is 1.88. The lowest BCUT2D eigenvalue weighted by Crippen LogP contribution is -2.37. The lowest BCUT2D eigenvalue weighted by molar-refractivity contribution is -0.114. The number of hydrogen-bond donors (Lipinski definition) is 3. The van der Waals surface area contributed by atoms with Crippen LogP contribution in [0, 0.1) is 0 Å². The van der Waals surface area contributed by atoms with Crippen LogP contribution in [0.1, 0.15) is 51.0 Å². The number of nitrogens with one attached hydrogen (secondary N) is 3. The van der Waals surface area contributed by atoms with E-state index in [1.165, 1.54) is 0 Å². The van der Waals surface area contributed by atoms with Crippen molar-refractivity contribution >= 4 is 17.6 Å². The molecule has 0 bridgehead atoms. The monoisotopic (exact) mass is 372 g/mol. The van der Waals surface area contributed by atoms with Crippen LogP contribution in [-0.4, -0.2) is 35.1 Å². The van der Waals surface area contributed by atoms with Crippen LogP contribution in [0.15, 0.2) is 40.1 Å². The van der Waals surface area contributed by atoms with Gasteiger partial charge in [-0.3, -0.25) is 9.78 Å². The van der Waals surface area contributed by atoms with E-state index in [0.717, 1.165) is 24.3 Å². The summed E-state index contributed by atoms with van der Waals surface area (Å²) in [5.74, 6) is 1.48. The second-order valence-corrected chi connectivity index (χ2v) is 6.07. The van der Waals surface area contributed by atoms with Crippen LogP contribution in [-0.2, 0) is 11.3 Å². The molecule has 0 aromatic carbocycles. The van der Waals surface area contributed by atoms with Crippen LogP contribution in [0.2, 0.25) is 0 Å². The zero-order valence-electron chi connectivity index (χ0n) is 16.2. The summed E-state index contributed by atoms with van der Waals surface area (Å²) >= 11 is 0. The highest BCUT2D eigenvalue weighted by Gasteiger charge is 2.13. The van der Waals surface area contributed by atoms with Crippen LogP contribution < -0.4 is 16.0 Å². The van der Waals surface area contributed by atoms with Crippen molar-refractivity contribution in [3.63, 3.8) is 0 Å². The van der Waals surface area contributed by atoms with Crippen molar-refractivity contribution in [3.8, 4) is 0 Å². The average Bonchev–Trinajstić information content (AvgIpc) is 3.14. The smallest absolute Gasteiger partial charge is 0.246 e. The molecule has 0 aliphatic rings. The number of guanidine groups is 1. The molecule has 0 spiro atoms. The minimum absolute atomic E-state index is 0.000371. The van der Waals surface area contributed by atoms with Gasteiger partial charge in [0.15, 0.2) is 11.7 Å². The third-order valence-electron chi connectivity index (χ3n) is 4.08. The molecular formula is C19H28N6O2. The molecule has 8 heteroatoms. The fourth-order valence-corrected chi connectivity index (χ4v) is 2.61. The predicted octanol–water partition coefficient (Wildman–Crippen LogP) is 2.67. The molecule has 1 amide bonds. The van der Waals surface area contributed by atoms with Crippen LogP contribution in [0.5, 0.6) is 0 Å². The van der Waals surface area contributed by atoms with Gasteiger partial charge in [-0.1, -0.05) is 19.0 Å². The summed E-state index contributed by atoms with van der Waals surface area (Å²) in [6, 6.07) is 5.51. The second kappa shape index (κ2) is 10.9. The molecule has 8 nitrogen and oxygen atoms in total. The maximum atomic E-state index is 12.0. The van der Waals surface area contributed by atoms with Crippen molar-refractivity contribution in [1.29, 1.82) is 0 Å². The number of aliphatic imine (C=N–C) groups is 1. The molecule has 0 saturated carbocycles. The molecule has 0 fully saturated rings. The molecule has 3 N–H and O–H groups in total. The predicted molar refractivity (Wildman–Crippen MR) is 106 cm³/mol. The Hall–Kier alpha value is -2.90. The third-order valence-corrected chi connectivity index (χ3v) is 4.08. The number of aromatic nitrogens is 2. The SMILES string of the molecule is CCNC(=NCC(=O)Nc1cccnc1)NCc1cc(C(CC)CC)no1. The van der Waals surface area contributed by atoms with Gasteiger partial charge in [-0.25, -0.2) is 4.99 Å². The average molecular weight is 372 g/mol. The molecule has 27 heavy (non-hydrogen) atoms. The van der Waals surface area contributed by atoms with E-state index in [4.69, 9.17) is 4.52 Å². The van der Waals surface area contributed by atoms with Crippen LogP contribution in [0.3, 0.4) is 0 Å². The molecule has 0 aliphatic carbocycles. The van der Waals surface area contributed by atoms with E-state index in [1.54, 1.807) is 24.5 Å². The van der Waals surface area contributed by atoms with Crippen molar-refractivity contribution in [1.82, 2.24) is 20.8 Å². The number of pyridine rings is 1. The third kappa shape index (κ3) is 6.73. The second-order valence-electron chi connectivity index (χ2n) is 6.07. The van der Waals surface area contributed by atoms with E-state index in [2.05, 4.69) is 44.9 Å². The van der Waals surface area contributed by atoms with Crippen LogP contribution in [0.4, 0.5) is 5.69 Å². The topological polar surface area (TPSA) is 104 Å². The van der Waals surface area contributed by atoms with Gasteiger partial charge in [0, 0.05) is 24.7 Å². The first-order valence-corrected chi connectivity index (χ1v) is 9.33. The Labute approximate surface area is 159 Å². The largest absolute Gasteiger partial charge is 0.359 e. The minimum atomic E-state index is -0.212. The zero-order valence-corrected chi connectivity index (χ0v) is 16.2. The van der Waals surface area contributed by atoms with Crippen molar-refractivity contribution in [3.05, 3.63) is 42.0 Å². The number of nitrogens with zero attached hydrogens (tertiary/aromatic N) is 3. The standard InChI is InChI=1S/C19H28N6O2/c1-4-14(5-2)17-10-16(27-25-17)12-22-19(21-6-3)23-13-18(26)24-15-8-7-9-20-11-15/h7-11,14H,4-6,12-13H2,1-3H3,(H,24,26)(H2,21,22,23). The first kappa shape index (κ1) is 20.4. The van der Waals surface area contributed by atoms with E-state index in [9.17, 15) is 4.79 Å². The van der Waals surface area contributed by atoms with Crippen LogP contribution >= 0.6 is 0 Å². The quantitative estimate of drug-likeness (QED) is 0.462. The molecule has 0 saturated heterocycles. The van der Waals surface area contributed by atoms with Gasteiger partial charge < -0.3 is 20.5 Å². The zero-order chi connectivity index (χ0) is 19.5. The van der Waals surface area contributed by atoms with Crippen molar-refractivity contribution in [2.75, 3.05) is 18.4 Å². The summed E-state index contributed by atoms with van der Waals surface area (Å²) in [4.78, 5) is 20.3. The van der Waals surface area contributed by atoms with Gasteiger partial charge in [-0.2, -0.15) is 0 Å².